The number of thiophene rings is 1. The summed E-state index contributed by atoms with van der Waals surface area (Å²) in [5.74, 6) is -0.851. The molecule has 0 aliphatic carbocycles. The van der Waals surface area contributed by atoms with E-state index in [2.05, 4.69) is 15.0 Å². The van der Waals surface area contributed by atoms with Crippen molar-refractivity contribution in [2.45, 2.75) is 51.4 Å². The van der Waals surface area contributed by atoms with Gasteiger partial charge in [-0.3, -0.25) is 9.53 Å². The number of halogens is 6. The third-order valence-electron chi connectivity index (χ3n) is 5.42. The molecule has 8 nitrogen and oxygen atoms in total. The number of hydrogen-bond acceptors (Lipinski definition) is 7. The molecule has 0 saturated carbocycles. The first kappa shape index (κ1) is 27.8. The Hall–Kier alpha value is -2.81. The second-order valence-corrected chi connectivity index (χ2v) is 8.96. The largest absolute Gasteiger partial charge is 0.522 e. The van der Waals surface area contributed by atoms with Crippen LogP contribution in [0.15, 0.2) is 5.38 Å². The molecule has 1 fully saturated rings. The summed E-state index contributed by atoms with van der Waals surface area (Å²) >= 11 is 0.765. The molecule has 2 aromatic heterocycles. The van der Waals surface area contributed by atoms with Crippen molar-refractivity contribution >= 4 is 33.6 Å². The van der Waals surface area contributed by atoms with Crippen LogP contribution >= 0.6 is 11.3 Å². The smallest absolute Gasteiger partial charge is 0.474 e. The SMILES string of the molecule is CNC(=O)c1csc2c(C(F)(F)F)c(C)c(OC3CCN(C(=O)OC(C)COC(F)(F)F)CC3)nc12. The maximum absolute atomic E-state index is 13.9. The van der Waals surface area contributed by atoms with E-state index in [1.807, 2.05) is 0 Å². The first-order valence-electron chi connectivity index (χ1n) is 10.7. The molecule has 2 aromatic rings. The van der Waals surface area contributed by atoms with Crippen molar-refractivity contribution in [3.05, 3.63) is 22.1 Å². The Balaban J connectivity index is 1.71. The Kier molecular flexibility index (Phi) is 8.23. The van der Waals surface area contributed by atoms with Crippen molar-refractivity contribution in [1.82, 2.24) is 15.2 Å². The van der Waals surface area contributed by atoms with E-state index in [1.165, 1.54) is 31.2 Å². The number of alkyl halides is 6. The molecule has 1 aliphatic rings. The monoisotopic (exact) mass is 543 g/mol. The van der Waals surface area contributed by atoms with Gasteiger partial charge in [0.25, 0.3) is 5.91 Å². The van der Waals surface area contributed by atoms with Crippen LogP contribution in [0.2, 0.25) is 0 Å². The van der Waals surface area contributed by atoms with Crippen molar-refractivity contribution in [3.8, 4) is 5.88 Å². The minimum absolute atomic E-state index is 0.00552. The van der Waals surface area contributed by atoms with Gasteiger partial charge in [-0.15, -0.1) is 24.5 Å². The molecule has 0 bridgehead atoms. The van der Waals surface area contributed by atoms with Crippen LogP contribution in [-0.4, -0.2) is 67.2 Å². The molecule has 3 rings (SSSR count). The molecule has 2 amide bonds. The number of piperidine rings is 1. The molecule has 0 spiro atoms. The van der Waals surface area contributed by atoms with Crippen LogP contribution in [0.5, 0.6) is 5.88 Å². The van der Waals surface area contributed by atoms with Crippen LogP contribution in [0, 0.1) is 6.92 Å². The average Bonchev–Trinajstić information content (AvgIpc) is 3.19. The van der Waals surface area contributed by atoms with E-state index in [1.54, 1.807) is 0 Å². The second kappa shape index (κ2) is 10.7. The summed E-state index contributed by atoms with van der Waals surface area (Å²) in [7, 11) is 1.35. The lowest BCUT2D eigenvalue weighted by atomic mass is 10.1. The van der Waals surface area contributed by atoms with Gasteiger partial charge in [0.2, 0.25) is 5.88 Å². The molecule has 0 radical (unpaired) electrons. The first-order valence-corrected chi connectivity index (χ1v) is 11.6. The number of aromatic nitrogens is 1. The van der Waals surface area contributed by atoms with E-state index in [0.717, 1.165) is 11.3 Å². The van der Waals surface area contributed by atoms with Crippen molar-refractivity contribution in [1.29, 1.82) is 0 Å². The number of nitrogens with zero attached hydrogens (tertiary/aromatic N) is 2. The van der Waals surface area contributed by atoms with Gasteiger partial charge in [0.05, 0.1) is 28.0 Å². The molecule has 1 saturated heterocycles. The van der Waals surface area contributed by atoms with Gasteiger partial charge in [-0.25, -0.2) is 9.78 Å². The molecule has 0 aromatic carbocycles. The molecule has 36 heavy (non-hydrogen) atoms. The number of rotatable bonds is 6. The number of likely N-dealkylation sites (tertiary alicyclic amines) is 1. The minimum Gasteiger partial charge on any atom is -0.474 e. The quantitative estimate of drug-likeness (QED) is 0.522. The maximum Gasteiger partial charge on any atom is 0.522 e. The van der Waals surface area contributed by atoms with Crippen LogP contribution in [0.1, 0.15) is 41.3 Å². The van der Waals surface area contributed by atoms with Crippen LogP contribution < -0.4 is 10.1 Å². The summed E-state index contributed by atoms with van der Waals surface area (Å²) in [5.41, 5.74) is -1.28. The highest BCUT2D eigenvalue weighted by molar-refractivity contribution is 7.17. The molecule has 1 N–H and O–H groups in total. The average molecular weight is 543 g/mol. The van der Waals surface area contributed by atoms with Crippen LogP contribution in [0.3, 0.4) is 0 Å². The van der Waals surface area contributed by atoms with E-state index < -0.39 is 48.9 Å². The van der Waals surface area contributed by atoms with Crippen molar-refractivity contribution in [3.63, 3.8) is 0 Å². The molecule has 15 heteroatoms. The highest BCUT2D eigenvalue weighted by atomic mass is 32.1. The number of carbonyl (C=O) groups excluding carboxylic acids is 2. The molecule has 1 aliphatic heterocycles. The number of ether oxygens (including phenoxy) is 3. The van der Waals surface area contributed by atoms with E-state index in [9.17, 15) is 35.9 Å². The predicted octanol–water partition coefficient (Wildman–Crippen LogP) is 4.89. The molecule has 200 valence electrons. The van der Waals surface area contributed by atoms with Crippen LogP contribution in [0.25, 0.3) is 10.2 Å². The van der Waals surface area contributed by atoms with Crippen molar-refractivity contribution in [2.24, 2.45) is 0 Å². The topological polar surface area (TPSA) is 90.0 Å². The highest BCUT2D eigenvalue weighted by Gasteiger charge is 2.39. The summed E-state index contributed by atoms with van der Waals surface area (Å²) in [5, 5.41) is 3.68. The van der Waals surface area contributed by atoms with Gasteiger partial charge in [0.15, 0.2) is 0 Å². The Morgan fingerprint density at radius 1 is 1.22 bits per heavy atom. The van der Waals surface area contributed by atoms with Gasteiger partial charge in [-0.05, 0) is 13.8 Å². The first-order chi connectivity index (χ1) is 16.7. The summed E-state index contributed by atoms with van der Waals surface area (Å²) in [4.78, 5) is 29.8. The van der Waals surface area contributed by atoms with E-state index in [-0.39, 0.29) is 53.2 Å². The Bertz CT molecular complexity index is 1110. The third-order valence-corrected chi connectivity index (χ3v) is 6.41. The fourth-order valence-corrected chi connectivity index (χ4v) is 4.77. The second-order valence-electron chi connectivity index (χ2n) is 8.08. The zero-order chi connectivity index (χ0) is 26.8. The van der Waals surface area contributed by atoms with Gasteiger partial charge in [0, 0.05) is 43.9 Å². The number of nitrogens with one attached hydrogen (secondary N) is 1. The summed E-state index contributed by atoms with van der Waals surface area (Å²) in [6, 6.07) is 0. The standard InChI is InChI=1S/C21H23F6N3O5S/c1-10(8-33-21(25,26)27)34-19(32)30-6-4-12(5-7-30)35-18-11(2)14(20(22,23)24)16-15(29-18)13(9-36-16)17(31)28-3/h9-10,12H,4-8H2,1-3H3,(H,28,31). The highest BCUT2D eigenvalue weighted by Crippen LogP contribution is 2.43. The fourth-order valence-electron chi connectivity index (χ4n) is 3.66. The Morgan fingerprint density at radius 2 is 1.86 bits per heavy atom. The predicted molar refractivity (Wildman–Crippen MR) is 116 cm³/mol. The Labute approximate surface area is 205 Å². The van der Waals surface area contributed by atoms with E-state index in [4.69, 9.17) is 9.47 Å². The summed E-state index contributed by atoms with van der Waals surface area (Å²) in [6.07, 6.45) is -11.7. The maximum atomic E-state index is 13.9. The number of amides is 2. The van der Waals surface area contributed by atoms with Gasteiger partial charge in [-0.1, -0.05) is 0 Å². The molecule has 3 heterocycles. The summed E-state index contributed by atoms with van der Waals surface area (Å²) in [6.45, 7) is 1.84. The van der Waals surface area contributed by atoms with Crippen LogP contribution in [-0.2, 0) is 15.7 Å². The fraction of sp³-hybridized carbons (Fsp3) is 0.571. The molecular formula is C21H23F6N3O5S. The summed E-state index contributed by atoms with van der Waals surface area (Å²) < 4.78 is 92.2. The lowest BCUT2D eigenvalue weighted by molar-refractivity contribution is -0.329. The van der Waals surface area contributed by atoms with Crippen molar-refractivity contribution in [2.75, 3.05) is 26.7 Å². The van der Waals surface area contributed by atoms with Gasteiger partial charge in [-0.2, -0.15) is 13.2 Å². The number of hydrogen-bond donors (Lipinski definition) is 1. The van der Waals surface area contributed by atoms with Gasteiger partial charge < -0.3 is 19.7 Å². The lowest BCUT2D eigenvalue weighted by Gasteiger charge is -2.32. The number of carbonyl (C=O) groups is 2. The minimum atomic E-state index is -4.85. The van der Waals surface area contributed by atoms with E-state index in [0.29, 0.717) is 0 Å². The molecular weight excluding hydrogens is 520 g/mol. The lowest BCUT2D eigenvalue weighted by Crippen LogP contribution is -2.43. The van der Waals surface area contributed by atoms with Crippen molar-refractivity contribution < 1.29 is 50.1 Å². The third kappa shape index (κ3) is 6.49. The van der Waals surface area contributed by atoms with Crippen LogP contribution in [0.4, 0.5) is 31.1 Å². The van der Waals surface area contributed by atoms with Gasteiger partial charge >= 0.3 is 18.6 Å². The number of pyridine rings is 1. The van der Waals surface area contributed by atoms with Gasteiger partial charge in [0.1, 0.15) is 12.2 Å². The Morgan fingerprint density at radius 3 is 2.42 bits per heavy atom. The zero-order valence-electron chi connectivity index (χ0n) is 19.4. The normalized spacial score (nSPS) is 16.2. The number of fused-ring (bicyclic) bond motifs is 1. The molecule has 1 unspecified atom stereocenters. The van der Waals surface area contributed by atoms with E-state index >= 15 is 0 Å². The zero-order valence-corrected chi connectivity index (χ0v) is 20.2. The molecule has 1 atom stereocenters.